The third-order valence-corrected chi connectivity index (χ3v) is 9.41. The van der Waals surface area contributed by atoms with E-state index in [0.717, 1.165) is 12.8 Å². The topological polar surface area (TPSA) is 215 Å². The fourth-order valence-corrected chi connectivity index (χ4v) is 6.35. The average molecular weight is 754 g/mol. The third kappa shape index (κ3) is 16.2. The van der Waals surface area contributed by atoms with Gasteiger partial charge in [-0.1, -0.05) is 19.8 Å². The average Bonchev–Trinajstić information content (AvgIpc) is 3.55. The van der Waals surface area contributed by atoms with Gasteiger partial charge in [-0.05, 0) is 100.0 Å². The molecule has 4 unspecified atom stereocenters. The number of aliphatic carboxylic acids is 1. The van der Waals surface area contributed by atoms with Crippen molar-refractivity contribution in [3.05, 3.63) is 0 Å². The predicted molar refractivity (Wildman–Crippen MR) is 200 cm³/mol. The Labute approximate surface area is 315 Å². The minimum absolute atomic E-state index is 0.0492. The maximum atomic E-state index is 14.1. The fraction of sp³-hybridized carbons (Fsp3) is 0.816. The summed E-state index contributed by atoms with van der Waals surface area (Å²) in [5, 5.41) is 16.1. The number of carbonyl (C=O) groups is 7. The number of likely N-dealkylation sites (tertiary alicyclic amines) is 1. The number of esters is 2. The van der Waals surface area contributed by atoms with Crippen LogP contribution in [0.25, 0.3) is 0 Å². The van der Waals surface area contributed by atoms with Crippen molar-refractivity contribution < 1.29 is 48.1 Å². The minimum Gasteiger partial charge on any atom is -0.480 e. The van der Waals surface area contributed by atoms with Crippen molar-refractivity contribution in [2.75, 3.05) is 26.7 Å². The van der Waals surface area contributed by atoms with E-state index >= 15 is 0 Å². The van der Waals surface area contributed by atoms with Gasteiger partial charge in [0.2, 0.25) is 11.8 Å². The van der Waals surface area contributed by atoms with E-state index < -0.39 is 64.5 Å². The molecule has 0 saturated carbocycles. The van der Waals surface area contributed by atoms with Gasteiger partial charge in [0.1, 0.15) is 17.7 Å². The van der Waals surface area contributed by atoms with Crippen LogP contribution >= 0.6 is 0 Å². The minimum atomic E-state index is -1.29. The van der Waals surface area contributed by atoms with Crippen LogP contribution in [0, 0.1) is 0 Å². The van der Waals surface area contributed by atoms with Crippen molar-refractivity contribution in [1.82, 2.24) is 20.4 Å². The highest BCUT2D eigenvalue weighted by atomic mass is 16.6. The lowest BCUT2D eigenvalue weighted by atomic mass is 9.89. The molecule has 0 aromatic carbocycles. The van der Waals surface area contributed by atoms with E-state index in [1.807, 2.05) is 6.92 Å². The molecule has 15 heteroatoms. The highest BCUT2D eigenvalue weighted by molar-refractivity contribution is 5.97. The van der Waals surface area contributed by atoms with Crippen LogP contribution in [0.5, 0.6) is 0 Å². The molecule has 0 spiro atoms. The Kier molecular flexibility index (Phi) is 19.3. The van der Waals surface area contributed by atoms with Gasteiger partial charge in [-0.15, -0.1) is 0 Å². The Bertz CT molecular complexity index is 1280. The number of rotatable bonds is 24. The van der Waals surface area contributed by atoms with E-state index in [4.69, 9.17) is 15.2 Å². The number of amides is 2. The van der Waals surface area contributed by atoms with E-state index in [1.54, 1.807) is 48.5 Å². The highest BCUT2D eigenvalue weighted by Gasteiger charge is 2.42. The Hall–Kier alpha value is -3.43. The predicted octanol–water partition coefficient (Wildman–Crippen LogP) is 2.90. The first-order valence-corrected chi connectivity index (χ1v) is 19.0. The number of Topliss-reactive ketones (excluding diaryl/α,β-unsaturated/α-hetero) is 2. The third-order valence-electron chi connectivity index (χ3n) is 9.41. The molecule has 0 aromatic heterocycles. The second-order valence-electron chi connectivity index (χ2n) is 16.1. The molecule has 1 rings (SSSR count). The molecule has 5 N–H and O–H groups in total. The van der Waals surface area contributed by atoms with Crippen molar-refractivity contribution in [3.8, 4) is 0 Å². The lowest BCUT2D eigenvalue weighted by molar-refractivity contribution is -0.155. The molecule has 0 aromatic rings. The number of carboxylic acid groups (broad SMARTS) is 1. The summed E-state index contributed by atoms with van der Waals surface area (Å²) in [6.45, 7) is 16.2. The molecule has 4 atom stereocenters. The molecule has 0 aliphatic carbocycles. The number of nitrogens with zero attached hydrogens (tertiary/aromatic N) is 2. The maximum Gasteiger partial charge on any atom is 0.320 e. The molecule has 2 amide bonds. The summed E-state index contributed by atoms with van der Waals surface area (Å²) >= 11 is 0. The summed E-state index contributed by atoms with van der Waals surface area (Å²) in [4.78, 5) is 92.6. The molecular formula is C38H67N5O10. The standard InChI is InChI=1S/C38H67N5O10/c1-11-12-24-52-30(45)21-19-28(42(10)34(49)29-17-15-23-43(29)25(2)44)33(48)37(6,7)40-22-14-13-16-27(35(50)51)41-38(8,9)32(47)26(39)18-20-31(46)53-36(3,4)5/h26-29,40-41H,11-24,39H2,1-10H3,(H,50,51). The van der Waals surface area contributed by atoms with Crippen LogP contribution in [-0.2, 0) is 43.0 Å². The van der Waals surface area contributed by atoms with E-state index in [0.29, 0.717) is 38.8 Å². The summed E-state index contributed by atoms with van der Waals surface area (Å²) in [5.74, 6) is -3.37. The highest BCUT2D eigenvalue weighted by Crippen LogP contribution is 2.23. The van der Waals surface area contributed by atoms with Gasteiger partial charge in [-0.25, -0.2) is 0 Å². The molecule has 304 valence electrons. The number of nitrogens with two attached hydrogens (primary N) is 1. The van der Waals surface area contributed by atoms with E-state index in [2.05, 4.69) is 10.6 Å². The first kappa shape index (κ1) is 47.6. The molecule has 1 saturated heterocycles. The molecule has 1 aliphatic heterocycles. The molecule has 1 heterocycles. The van der Waals surface area contributed by atoms with Crippen LogP contribution in [0.1, 0.15) is 133 Å². The molecule has 53 heavy (non-hydrogen) atoms. The van der Waals surface area contributed by atoms with E-state index in [1.165, 1.54) is 23.8 Å². The summed E-state index contributed by atoms with van der Waals surface area (Å²) in [5.41, 5.74) is 3.01. The van der Waals surface area contributed by atoms with Crippen molar-refractivity contribution >= 4 is 41.3 Å². The van der Waals surface area contributed by atoms with Gasteiger partial charge in [-0.3, -0.25) is 38.9 Å². The van der Waals surface area contributed by atoms with Gasteiger partial charge >= 0.3 is 17.9 Å². The Morgan fingerprint density at radius 2 is 1.51 bits per heavy atom. The van der Waals surface area contributed by atoms with Crippen molar-refractivity contribution in [1.29, 1.82) is 0 Å². The van der Waals surface area contributed by atoms with Gasteiger partial charge < -0.3 is 35.4 Å². The van der Waals surface area contributed by atoms with Gasteiger partial charge in [0, 0.05) is 33.4 Å². The van der Waals surface area contributed by atoms with E-state index in [-0.39, 0.29) is 56.3 Å². The number of unbranched alkanes of at least 4 members (excludes halogenated alkanes) is 2. The quantitative estimate of drug-likeness (QED) is 0.0826. The summed E-state index contributed by atoms with van der Waals surface area (Å²) in [6.07, 6.45) is 3.85. The number of ketones is 2. The number of likely N-dealkylation sites (N-methyl/N-ethyl adjacent to an activating group) is 1. The number of carbonyl (C=O) groups excluding carboxylic acids is 6. The summed E-state index contributed by atoms with van der Waals surface area (Å²) in [6, 6.07) is -3.70. The largest absolute Gasteiger partial charge is 0.480 e. The monoisotopic (exact) mass is 753 g/mol. The fourth-order valence-electron chi connectivity index (χ4n) is 6.35. The zero-order valence-electron chi connectivity index (χ0n) is 33.8. The molecular weight excluding hydrogens is 686 g/mol. The molecule has 1 fully saturated rings. The molecule has 15 nitrogen and oxygen atoms in total. The number of ether oxygens (including phenoxy) is 2. The van der Waals surface area contributed by atoms with Crippen LogP contribution in [0.2, 0.25) is 0 Å². The summed E-state index contributed by atoms with van der Waals surface area (Å²) in [7, 11) is 1.53. The van der Waals surface area contributed by atoms with Gasteiger partial charge in [-0.2, -0.15) is 0 Å². The van der Waals surface area contributed by atoms with Gasteiger partial charge in [0.25, 0.3) is 0 Å². The molecule has 1 aliphatic rings. The zero-order valence-corrected chi connectivity index (χ0v) is 33.8. The molecule has 0 bridgehead atoms. The van der Waals surface area contributed by atoms with Crippen LogP contribution in [0.3, 0.4) is 0 Å². The second kappa shape index (κ2) is 21.5. The number of carboxylic acids is 1. The van der Waals surface area contributed by atoms with E-state index in [9.17, 15) is 38.7 Å². The van der Waals surface area contributed by atoms with Crippen molar-refractivity contribution in [3.63, 3.8) is 0 Å². The Morgan fingerprint density at radius 1 is 0.887 bits per heavy atom. The van der Waals surface area contributed by atoms with Crippen LogP contribution in [0.4, 0.5) is 0 Å². The van der Waals surface area contributed by atoms with Crippen molar-refractivity contribution in [2.45, 2.75) is 174 Å². The first-order valence-electron chi connectivity index (χ1n) is 19.0. The number of hydrogen-bond donors (Lipinski definition) is 4. The lowest BCUT2D eigenvalue weighted by Crippen LogP contribution is -2.59. The Morgan fingerprint density at radius 3 is 2.08 bits per heavy atom. The van der Waals surface area contributed by atoms with Crippen molar-refractivity contribution in [2.24, 2.45) is 5.73 Å². The normalized spacial score (nSPS) is 16.7. The first-order chi connectivity index (χ1) is 24.4. The number of nitrogens with one attached hydrogen (secondary N) is 2. The lowest BCUT2D eigenvalue weighted by Gasteiger charge is -2.36. The second-order valence-corrected chi connectivity index (χ2v) is 16.1. The van der Waals surface area contributed by atoms with Crippen LogP contribution in [0.15, 0.2) is 0 Å². The van der Waals surface area contributed by atoms with Crippen LogP contribution < -0.4 is 16.4 Å². The number of hydrogen-bond acceptors (Lipinski definition) is 12. The van der Waals surface area contributed by atoms with Crippen LogP contribution in [-0.4, -0.2) is 124 Å². The SMILES string of the molecule is CCCCOC(=O)CCC(C(=O)C(C)(C)NCCCCC(NC(C)(C)C(=O)C(N)CCC(=O)OC(C)(C)C)C(=O)O)N(C)C(=O)C1CCCN1C(C)=O. The molecule has 0 radical (unpaired) electrons. The maximum absolute atomic E-state index is 14.1. The van der Waals surface area contributed by atoms with Gasteiger partial charge in [0.05, 0.1) is 29.8 Å². The Balaban J connectivity index is 2.87. The summed E-state index contributed by atoms with van der Waals surface area (Å²) < 4.78 is 10.6. The zero-order chi connectivity index (χ0) is 40.7. The smallest absolute Gasteiger partial charge is 0.320 e. The van der Waals surface area contributed by atoms with Gasteiger partial charge in [0.15, 0.2) is 11.6 Å².